The lowest BCUT2D eigenvalue weighted by molar-refractivity contribution is -0.169. The number of thioether (sulfide) groups is 1. The molecule has 3 rings (SSSR count). The fourth-order valence-corrected chi connectivity index (χ4v) is 4.85. The number of aldehydes is 1. The highest BCUT2D eigenvalue weighted by Gasteiger charge is 2.55. The number of carbonyl (C=O) groups is 5. The van der Waals surface area contributed by atoms with Gasteiger partial charge in [0.05, 0.1) is 6.10 Å². The number of esters is 1. The number of ether oxygens (including phenoxy) is 3. The van der Waals surface area contributed by atoms with Crippen LogP contribution in [0.15, 0.2) is 16.4 Å². The molecule has 37 heavy (non-hydrogen) atoms. The Labute approximate surface area is 216 Å². The largest absolute Gasteiger partial charge is 0.511 e. The lowest BCUT2D eigenvalue weighted by Gasteiger charge is -2.49. The molecule has 2 amide bonds. The molecule has 18 heteroatoms. The number of fused-ring (bicyclic) bond motifs is 1. The zero-order valence-corrected chi connectivity index (χ0v) is 21.2. The van der Waals surface area contributed by atoms with Crippen molar-refractivity contribution >= 4 is 64.4 Å². The van der Waals surface area contributed by atoms with Crippen LogP contribution < -0.4 is 11.1 Å². The number of hydrogen-bond acceptors (Lipinski definition) is 15. The van der Waals surface area contributed by atoms with Gasteiger partial charge in [-0.05, 0) is 13.8 Å². The predicted molar refractivity (Wildman–Crippen MR) is 124 cm³/mol. The standard InChI is InChI=1S/C19H21FN6O9S2/c1-7(2)33-19(31)35-8(3)34-17(30)12-9(4-27)5-36-16-11(15(29)26(12)16)22-14(28)10(24-32-6-20)13-23-18(21)37-25-13/h4,7-8,11,16H,5-6H2,1-3H3,(H,22,28)(H2,21,23,25)/t8?,11-,16-/m1/s1. The van der Waals surface area contributed by atoms with E-state index < -0.39 is 60.3 Å². The first-order valence-corrected chi connectivity index (χ1v) is 12.3. The van der Waals surface area contributed by atoms with E-state index in [-0.39, 0.29) is 28.0 Å². The highest BCUT2D eigenvalue weighted by Crippen LogP contribution is 2.40. The summed E-state index contributed by atoms with van der Waals surface area (Å²) in [6.07, 6.45) is -2.55. The van der Waals surface area contributed by atoms with Crippen LogP contribution in [0, 0.1) is 0 Å². The Hall–Kier alpha value is -3.80. The molecule has 200 valence electrons. The van der Waals surface area contributed by atoms with Crippen molar-refractivity contribution in [1.82, 2.24) is 19.6 Å². The number of aromatic nitrogens is 2. The predicted octanol–water partition coefficient (Wildman–Crippen LogP) is 0.0717. The first-order valence-electron chi connectivity index (χ1n) is 10.4. The van der Waals surface area contributed by atoms with Crippen molar-refractivity contribution in [1.29, 1.82) is 0 Å². The number of nitrogens with zero attached hydrogens (tertiary/aromatic N) is 4. The molecule has 2 aliphatic rings. The molecule has 1 fully saturated rings. The van der Waals surface area contributed by atoms with Crippen molar-refractivity contribution in [2.24, 2.45) is 5.16 Å². The number of amides is 2. The number of nitrogen functional groups attached to an aromatic ring is 1. The van der Waals surface area contributed by atoms with Crippen molar-refractivity contribution in [2.45, 2.75) is 44.6 Å². The number of halogens is 1. The third-order valence-electron chi connectivity index (χ3n) is 4.56. The first kappa shape index (κ1) is 27.8. The summed E-state index contributed by atoms with van der Waals surface area (Å²) >= 11 is 1.85. The summed E-state index contributed by atoms with van der Waals surface area (Å²) in [7, 11) is 0. The van der Waals surface area contributed by atoms with Crippen molar-refractivity contribution in [2.75, 3.05) is 18.3 Å². The van der Waals surface area contributed by atoms with E-state index in [2.05, 4.69) is 24.7 Å². The van der Waals surface area contributed by atoms with Gasteiger partial charge in [-0.2, -0.15) is 9.36 Å². The molecule has 2 aliphatic heterocycles. The van der Waals surface area contributed by atoms with Crippen LogP contribution in [0.25, 0.3) is 0 Å². The second-order valence-corrected chi connectivity index (χ2v) is 9.38. The van der Waals surface area contributed by atoms with Crippen molar-refractivity contribution in [3.05, 3.63) is 17.1 Å². The summed E-state index contributed by atoms with van der Waals surface area (Å²) < 4.78 is 31.0. The van der Waals surface area contributed by atoms with E-state index in [0.717, 1.165) is 28.2 Å². The van der Waals surface area contributed by atoms with Crippen LogP contribution in [0.1, 0.15) is 26.6 Å². The van der Waals surface area contributed by atoms with E-state index in [1.807, 2.05) is 0 Å². The maximum absolute atomic E-state index is 12.9. The molecule has 0 aromatic carbocycles. The van der Waals surface area contributed by atoms with Crippen LogP contribution in [-0.2, 0) is 38.2 Å². The quantitative estimate of drug-likeness (QED) is 0.0973. The molecular formula is C19H21FN6O9S2. The molecule has 1 unspecified atom stereocenters. The minimum atomic E-state index is -1.40. The molecule has 1 aromatic rings. The lowest BCUT2D eigenvalue weighted by atomic mass is 10.0. The third kappa shape index (κ3) is 6.31. The number of nitrogens with one attached hydrogen (secondary N) is 1. The minimum Gasteiger partial charge on any atom is -0.431 e. The number of anilines is 1. The fraction of sp³-hybridized carbons (Fsp3) is 0.474. The Kier molecular flexibility index (Phi) is 8.98. The van der Waals surface area contributed by atoms with Gasteiger partial charge in [0.15, 0.2) is 5.13 Å². The lowest BCUT2D eigenvalue weighted by Crippen LogP contribution is -2.71. The van der Waals surface area contributed by atoms with Crippen LogP contribution in [0.5, 0.6) is 0 Å². The molecule has 0 aliphatic carbocycles. The molecule has 1 aromatic heterocycles. The van der Waals surface area contributed by atoms with Gasteiger partial charge in [-0.1, -0.05) is 5.16 Å². The van der Waals surface area contributed by atoms with Crippen molar-refractivity contribution < 1.29 is 47.4 Å². The third-order valence-corrected chi connectivity index (χ3v) is 6.41. The van der Waals surface area contributed by atoms with Gasteiger partial charge in [0.1, 0.15) is 23.4 Å². The first-order chi connectivity index (χ1) is 17.6. The SMILES string of the molecule is CC(C)OC(=O)OC(C)OC(=O)C1=C(C=O)CS[C@@H]2[C@H](NC(=O)C(=NOCF)c3nsc(N)n3)C(=O)N12. The number of alkyl halides is 1. The van der Waals surface area contributed by atoms with Gasteiger partial charge in [-0.15, -0.1) is 11.8 Å². The molecule has 15 nitrogen and oxygen atoms in total. The second kappa shape index (κ2) is 12.0. The summed E-state index contributed by atoms with van der Waals surface area (Å²) in [5.41, 5.74) is 4.59. The van der Waals surface area contributed by atoms with E-state index in [0.29, 0.717) is 6.29 Å². The van der Waals surface area contributed by atoms with Crippen LogP contribution in [-0.4, -0.2) is 86.6 Å². The summed E-state index contributed by atoms with van der Waals surface area (Å²) in [6.45, 7) is 3.09. The highest BCUT2D eigenvalue weighted by molar-refractivity contribution is 8.00. The van der Waals surface area contributed by atoms with Gasteiger partial charge < -0.3 is 30.1 Å². The number of oxime groups is 1. The number of carbonyl (C=O) groups excluding carboxylic acids is 5. The molecule has 1 saturated heterocycles. The number of β-lactam (4-membered cyclic amide) rings is 1. The van der Waals surface area contributed by atoms with Crippen LogP contribution >= 0.6 is 23.3 Å². The van der Waals surface area contributed by atoms with Crippen LogP contribution in [0.3, 0.4) is 0 Å². The zero-order chi connectivity index (χ0) is 27.3. The van der Waals surface area contributed by atoms with Crippen molar-refractivity contribution in [3.63, 3.8) is 0 Å². The molecule has 0 bridgehead atoms. The van der Waals surface area contributed by atoms with E-state index in [1.54, 1.807) is 13.8 Å². The topological polar surface area (TPSA) is 202 Å². The van der Waals surface area contributed by atoms with Gasteiger partial charge in [-0.3, -0.25) is 19.3 Å². The number of rotatable bonds is 10. The normalized spacial score (nSPS) is 20.0. The van der Waals surface area contributed by atoms with Gasteiger partial charge in [0, 0.05) is 29.8 Å². The van der Waals surface area contributed by atoms with Gasteiger partial charge in [-0.25, -0.2) is 14.0 Å². The Morgan fingerprint density at radius 2 is 2.03 bits per heavy atom. The Bertz CT molecular complexity index is 1160. The monoisotopic (exact) mass is 560 g/mol. The molecular weight excluding hydrogens is 539 g/mol. The van der Waals surface area contributed by atoms with E-state index in [1.165, 1.54) is 6.92 Å². The molecule has 3 heterocycles. The Morgan fingerprint density at radius 1 is 1.30 bits per heavy atom. The van der Waals surface area contributed by atoms with Gasteiger partial charge in [0.25, 0.3) is 18.7 Å². The fourth-order valence-electron chi connectivity index (χ4n) is 3.12. The Balaban J connectivity index is 1.72. The number of nitrogens with two attached hydrogens (primary N) is 1. The summed E-state index contributed by atoms with van der Waals surface area (Å²) in [4.78, 5) is 70.8. The van der Waals surface area contributed by atoms with E-state index in [4.69, 9.17) is 19.9 Å². The minimum absolute atomic E-state index is 0.00911. The molecule has 3 N–H and O–H groups in total. The van der Waals surface area contributed by atoms with Crippen LogP contribution in [0.4, 0.5) is 14.3 Å². The molecule has 0 spiro atoms. The molecule has 0 saturated carbocycles. The Morgan fingerprint density at radius 3 is 2.62 bits per heavy atom. The molecule has 0 radical (unpaired) electrons. The van der Waals surface area contributed by atoms with Crippen LogP contribution in [0.2, 0.25) is 0 Å². The average Bonchev–Trinajstić information content (AvgIpc) is 3.26. The molecule has 3 atom stereocenters. The maximum atomic E-state index is 12.9. The van der Waals surface area contributed by atoms with E-state index in [9.17, 15) is 28.4 Å². The zero-order valence-electron chi connectivity index (χ0n) is 19.5. The van der Waals surface area contributed by atoms with Gasteiger partial charge in [0.2, 0.25) is 17.8 Å². The maximum Gasteiger partial charge on any atom is 0.511 e. The summed E-state index contributed by atoms with van der Waals surface area (Å²) in [5, 5.41) is 4.97. The smallest absolute Gasteiger partial charge is 0.431 e. The summed E-state index contributed by atoms with van der Waals surface area (Å²) in [5.74, 6) is -3.05. The second-order valence-electron chi connectivity index (χ2n) is 7.49. The van der Waals surface area contributed by atoms with Crippen molar-refractivity contribution in [3.8, 4) is 0 Å². The average molecular weight is 561 g/mol. The van der Waals surface area contributed by atoms with Gasteiger partial charge >= 0.3 is 12.1 Å². The highest BCUT2D eigenvalue weighted by atomic mass is 32.2. The van der Waals surface area contributed by atoms with E-state index >= 15 is 0 Å². The summed E-state index contributed by atoms with van der Waals surface area (Å²) in [6, 6.07) is -1.16. The number of hydrogen-bond donors (Lipinski definition) is 2.